The largest absolute Gasteiger partial charge is 0.396 e. The van der Waals surface area contributed by atoms with Crippen LogP contribution in [0.2, 0.25) is 0 Å². The average Bonchev–Trinajstić information content (AvgIpc) is 2.05. The number of hydrogen-bond donors (Lipinski definition) is 2. The van der Waals surface area contributed by atoms with Crippen molar-refractivity contribution in [2.24, 2.45) is 11.8 Å². The van der Waals surface area contributed by atoms with Gasteiger partial charge < -0.3 is 10.4 Å². The second kappa shape index (κ2) is 4.07. The average molecular weight is 157 g/mol. The summed E-state index contributed by atoms with van der Waals surface area (Å²) in [6.45, 7) is 5.91. The van der Waals surface area contributed by atoms with Crippen LogP contribution in [-0.2, 0) is 0 Å². The highest BCUT2D eigenvalue weighted by Gasteiger charge is 2.22. The van der Waals surface area contributed by atoms with E-state index in [4.69, 9.17) is 5.11 Å². The summed E-state index contributed by atoms with van der Waals surface area (Å²) in [6.07, 6.45) is 2.29. The van der Waals surface area contributed by atoms with E-state index in [1.54, 1.807) is 0 Å². The normalized spacial score (nSPS) is 32.7. The number of hydrogen-bond acceptors (Lipinski definition) is 2. The first kappa shape index (κ1) is 9.01. The van der Waals surface area contributed by atoms with Crippen molar-refractivity contribution in [1.82, 2.24) is 5.32 Å². The molecule has 0 spiro atoms. The van der Waals surface area contributed by atoms with Gasteiger partial charge in [-0.05, 0) is 31.2 Å². The van der Waals surface area contributed by atoms with Crippen molar-refractivity contribution in [3.05, 3.63) is 0 Å². The van der Waals surface area contributed by atoms with Crippen LogP contribution in [0.3, 0.4) is 0 Å². The van der Waals surface area contributed by atoms with Crippen molar-refractivity contribution in [1.29, 1.82) is 0 Å². The molecule has 1 fully saturated rings. The van der Waals surface area contributed by atoms with Gasteiger partial charge in [0.15, 0.2) is 0 Å². The van der Waals surface area contributed by atoms with Gasteiger partial charge in [0.05, 0.1) is 0 Å². The van der Waals surface area contributed by atoms with E-state index in [9.17, 15) is 0 Å². The Morgan fingerprint density at radius 1 is 1.55 bits per heavy atom. The molecule has 0 amide bonds. The minimum absolute atomic E-state index is 0.366. The van der Waals surface area contributed by atoms with E-state index in [1.807, 2.05) is 0 Å². The predicted molar refractivity (Wildman–Crippen MR) is 46.4 cm³/mol. The molecule has 11 heavy (non-hydrogen) atoms. The van der Waals surface area contributed by atoms with Crippen LogP contribution in [0.15, 0.2) is 0 Å². The number of aliphatic hydroxyl groups excluding tert-OH is 1. The Balaban J connectivity index is 2.33. The highest BCUT2D eigenvalue weighted by atomic mass is 16.3. The van der Waals surface area contributed by atoms with Crippen LogP contribution >= 0.6 is 0 Å². The van der Waals surface area contributed by atoms with E-state index >= 15 is 0 Å². The minimum atomic E-state index is 0.366. The third-order valence-electron chi connectivity index (χ3n) is 2.61. The van der Waals surface area contributed by atoms with Crippen LogP contribution in [0, 0.1) is 11.8 Å². The van der Waals surface area contributed by atoms with Gasteiger partial charge in [0.25, 0.3) is 0 Å². The molecule has 2 nitrogen and oxygen atoms in total. The quantitative estimate of drug-likeness (QED) is 0.627. The molecule has 1 heterocycles. The maximum atomic E-state index is 8.96. The van der Waals surface area contributed by atoms with Crippen LogP contribution in [-0.4, -0.2) is 24.3 Å². The first-order valence-corrected chi connectivity index (χ1v) is 4.58. The van der Waals surface area contributed by atoms with Gasteiger partial charge in [-0.3, -0.25) is 0 Å². The van der Waals surface area contributed by atoms with E-state index in [0.29, 0.717) is 24.5 Å². The van der Waals surface area contributed by atoms with Gasteiger partial charge in [0.2, 0.25) is 0 Å². The zero-order valence-corrected chi connectivity index (χ0v) is 7.51. The highest BCUT2D eigenvalue weighted by Crippen LogP contribution is 2.19. The molecule has 0 aliphatic carbocycles. The van der Waals surface area contributed by atoms with Gasteiger partial charge in [0.1, 0.15) is 0 Å². The van der Waals surface area contributed by atoms with Crippen LogP contribution in [0.5, 0.6) is 0 Å². The molecule has 0 aromatic heterocycles. The predicted octanol–water partition coefficient (Wildman–Crippen LogP) is 1.00. The van der Waals surface area contributed by atoms with Crippen LogP contribution in [0.1, 0.15) is 26.7 Å². The molecule has 0 aromatic carbocycles. The van der Waals surface area contributed by atoms with E-state index in [-0.39, 0.29) is 0 Å². The molecule has 1 aliphatic heterocycles. The standard InChI is InChI=1S/C9H19NO/c1-7(2)9-5-8(6-11)3-4-10-9/h7-11H,3-6H2,1-2H3. The molecule has 2 unspecified atom stereocenters. The molecule has 0 radical (unpaired) electrons. The van der Waals surface area contributed by atoms with Crippen LogP contribution < -0.4 is 5.32 Å². The van der Waals surface area contributed by atoms with Crippen LogP contribution in [0.25, 0.3) is 0 Å². The summed E-state index contributed by atoms with van der Waals surface area (Å²) < 4.78 is 0. The Labute approximate surface area is 69.0 Å². The Bertz CT molecular complexity index is 114. The summed E-state index contributed by atoms with van der Waals surface area (Å²) in [6, 6.07) is 0.626. The summed E-state index contributed by atoms with van der Waals surface area (Å²) in [5, 5.41) is 12.4. The summed E-state index contributed by atoms with van der Waals surface area (Å²) in [7, 11) is 0. The monoisotopic (exact) mass is 157 g/mol. The van der Waals surface area contributed by atoms with Crippen molar-refractivity contribution < 1.29 is 5.11 Å². The van der Waals surface area contributed by atoms with Gasteiger partial charge in [0, 0.05) is 12.6 Å². The Hall–Kier alpha value is -0.0800. The maximum absolute atomic E-state index is 8.96. The molecule has 0 saturated carbocycles. The molecule has 2 atom stereocenters. The molecule has 2 N–H and O–H groups in total. The Kier molecular flexibility index (Phi) is 3.34. The SMILES string of the molecule is CC(C)C1CC(CO)CCN1. The lowest BCUT2D eigenvalue weighted by Gasteiger charge is -2.31. The number of nitrogens with one attached hydrogen (secondary N) is 1. The summed E-state index contributed by atoms with van der Waals surface area (Å²) in [4.78, 5) is 0. The first-order chi connectivity index (χ1) is 5.24. The zero-order chi connectivity index (χ0) is 8.27. The van der Waals surface area contributed by atoms with E-state index < -0.39 is 0 Å². The maximum Gasteiger partial charge on any atom is 0.0460 e. The molecule has 1 aliphatic rings. The molecule has 1 rings (SSSR count). The molecular weight excluding hydrogens is 138 g/mol. The highest BCUT2D eigenvalue weighted by molar-refractivity contribution is 4.79. The molecule has 0 bridgehead atoms. The van der Waals surface area contributed by atoms with Gasteiger partial charge in [-0.2, -0.15) is 0 Å². The van der Waals surface area contributed by atoms with Crippen molar-refractivity contribution in [3.8, 4) is 0 Å². The Morgan fingerprint density at radius 3 is 2.82 bits per heavy atom. The number of piperidine rings is 1. The number of rotatable bonds is 2. The molecule has 0 aromatic rings. The lowest BCUT2D eigenvalue weighted by Crippen LogP contribution is -2.42. The van der Waals surface area contributed by atoms with E-state index in [0.717, 1.165) is 19.4 Å². The smallest absolute Gasteiger partial charge is 0.0460 e. The summed E-state index contributed by atoms with van der Waals surface area (Å²) in [5.74, 6) is 1.24. The fourth-order valence-electron chi connectivity index (χ4n) is 1.71. The van der Waals surface area contributed by atoms with Gasteiger partial charge >= 0.3 is 0 Å². The fraction of sp³-hybridized carbons (Fsp3) is 1.00. The molecule has 1 saturated heterocycles. The molecular formula is C9H19NO. The van der Waals surface area contributed by atoms with Crippen molar-refractivity contribution >= 4 is 0 Å². The molecule has 2 heteroatoms. The van der Waals surface area contributed by atoms with Crippen LogP contribution in [0.4, 0.5) is 0 Å². The summed E-state index contributed by atoms with van der Waals surface area (Å²) >= 11 is 0. The van der Waals surface area contributed by atoms with Gasteiger partial charge in [-0.1, -0.05) is 13.8 Å². The second-order valence-corrected chi connectivity index (χ2v) is 3.88. The van der Waals surface area contributed by atoms with Gasteiger partial charge in [-0.15, -0.1) is 0 Å². The number of aliphatic hydroxyl groups is 1. The Morgan fingerprint density at radius 2 is 2.27 bits per heavy atom. The van der Waals surface area contributed by atoms with E-state index in [1.165, 1.54) is 0 Å². The second-order valence-electron chi connectivity index (χ2n) is 3.88. The van der Waals surface area contributed by atoms with Gasteiger partial charge in [-0.25, -0.2) is 0 Å². The lowest BCUT2D eigenvalue weighted by atomic mass is 9.88. The van der Waals surface area contributed by atoms with Crippen molar-refractivity contribution in [2.45, 2.75) is 32.7 Å². The van der Waals surface area contributed by atoms with Crippen molar-refractivity contribution in [2.75, 3.05) is 13.2 Å². The fourth-order valence-corrected chi connectivity index (χ4v) is 1.71. The van der Waals surface area contributed by atoms with E-state index in [2.05, 4.69) is 19.2 Å². The minimum Gasteiger partial charge on any atom is -0.396 e. The third-order valence-corrected chi connectivity index (χ3v) is 2.61. The topological polar surface area (TPSA) is 32.3 Å². The third kappa shape index (κ3) is 2.46. The summed E-state index contributed by atoms with van der Waals surface area (Å²) in [5.41, 5.74) is 0. The zero-order valence-electron chi connectivity index (χ0n) is 7.51. The lowest BCUT2D eigenvalue weighted by molar-refractivity contribution is 0.162. The first-order valence-electron chi connectivity index (χ1n) is 4.58. The van der Waals surface area contributed by atoms with Crippen molar-refractivity contribution in [3.63, 3.8) is 0 Å². The molecule has 66 valence electrons.